The number of aromatic nitrogens is 1. The van der Waals surface area contributed by atoms with Crippen LogP contribution in [0.3, 0.4) is 0 Å². The fourth-order valence-corrected chi connectivity index (χ4v) is 1.69. The van der Waals surface area contributed by atoms with Crippen molar-refractivity contribution in [3.05, 3.63) is 35.9 Å². The minimum absolute atomic E-state index is 0.415. The average molecular weight is 245 g/mol. The molecule has 1 aromatic heterocycles. The number of ether oxygens (including phenoxy) is 1. The lowest BCUT2D eigenvalue weighted by Crippen LogP contribution is -2.17. The van der Waals surface area contributed by atoms with E-state index in [4.69, 9.17) is 10.5 Å². The van der Waals surface area contributed by atoms with Gasteiger partial charge in [0, 0.05) is 18.0 Å². The molecule has 2 aromatic rings. The van der Waals surface area contributed by atoms with Crippen molar-refractivity contribution in [3.8, 4) is 5.88 Å². The molecular formula is C13H15N3O2. The predicted molar refractivity (Wildman–Crippen MR) is 69.7 cm³/mol. The van der Waals surface area contributed by atoms with Crippen LogP contribution in [0.5, 0.6) is 5.88 Å². The summed E-state index contributed by atoms with van der Waals surface area (Å²) in [5.74, 6) is -0.0650. The van der Waals surface area contributed by atoms with Crippen LogP contribution < -0.4 is 15.8 Å². The Kier molecular flexibility index (Phi) is 3.74. The predicted octanol–water partition coefficient (Wildman–Crippen LogP) is 0.932. The zero-order chi connectivity index (χ0) is 13.0. The summed E-state index contributed by atoms with van der Waals surface area (Å²) in [6.07, 6.45) is 0. The number of pyridine rings is 1. The Labute approximate surface area is 105 Å². The van der Waals surface area contributed by atoms with Crippen molar-refractivity contribution in [2.45, 2.75) is 0 Å². The zero-order valence-electron chi connectivity index (χ0n) is 10.1. The van der Waals surface area contributed by atoms with Gasteiger partial charge in [0.25, 0.3) is 0 Å². The minimum Gasteiger partial charge on any atom is -0.476 e. The first-order chi connectivity index (χ1) is 8.72. The molecule has 1 aromatic carbocycles. The third-order valence-corrected chi connectivity index (χ3v) is 2.56. The van der Waals surface area contributed by atoms with Crippen LogP contribution in [0.4, 0.5) is 0 Å². The fourth-order valence-electron chi connectivity index (χ4n) is 1.69. The molecule has 0 aliphatic carbocycles. The third kappa shape index (κ3) is 2.57. The molecule has 0 unspecified atom stereocenters. The summed E-state index contributed by atoms with van der Waals surface area (Å²) in [6.45, 7) is 1.19. The molecule has 0 saturated carbocycles. The molecule has 1 amide bonds. The first-order valence-electron chi connectivity index (χ1n) is 5.69. The Balaban J connectivity index is 2.41. The molecule has 3 N–H and O–H groups in total. The van der Waals surface area contributed by atoms with Crippen molar-refractivity contribution in [1.29, 1.82) is 0 Å². The van der Waals surface area contributed by atoms with E-state index in [9.17, 15) is 4.79 Å². The molecule has 0 atom stereocenters. The van der Waals surface area contributed by atoms with Crippen LogP contribution in [0.15, 0.2) is 30.3 Å². The van der Waals surface area contributed by atoms with E-state index in [1.165, 1.54) is 0 Å². The normalized spacial score (nSPS) is 10.5. The lowest BCUT2D eigenvalue weighted by atomic mass is 10.1. The summed E-state index contributed by atoms with van der Waals surface area (Å²) < 4.78 is 5.46. The Hall–Kier alpha value is -2.14. The van der Waals surface area contributed by atoms with E-state index in [0.717, 1.165) is 5.39 Å². The van der Waals surface area contributed by atoms with Gasteiger partial charge in [-0.3, -0.25) is 4.79 Å². The molecule has 0 fully saturated rings. The number of carbonyl (C=O) groups is 1. The average Bonchev–Trinajstić information content (AvgIpc) is 2.38. The molecule has 0 aliphatic heterocycles. The maximum absolute atomic E-state index is 11.4. The molecular weight excluding hydrogens is 230 g/mol. The van der Waals surface area contributed by atoms with Gasteiger partial charge in [-0.2, -0.15) is 0 Å². The van der Waals surface area contributed by atoms with Crippen molar-refractivity contribution in [2.24, 2.45) is 5.73 Å². The number of rotatable bonds is 5. The summed E-state index contributed by atoms with van der Waals surface area (Å²) in [5, 5.41) is 3.71. The van der Waals surface area contributed by atoms with Crippen LogP contribution in [0.1, 0.15) is 10.4 Å². The first kappa shape index (κ1) is 12.3. The van der Waals surface area contributed by atoms with Gasteiger partial charge < -0.3 is 15.8 Å². The molecule has 0 spiro atoms. The van der Waals surface area contributed by atoms with E-state index in [-0.39, 0.29) is 0 Å². The molecule has 0 bridgehead atoms. The Morgan fingerprint density at radius 2 is 2.22 bits per heavy atom. The Morgan fingerprint density at radius 3 is 2.94 bits per heavy atom. The van der Waals surface area contributed by atoms with E-state index in [1.807, 2.05) is 31.3 Å². The number of hydrogen-bond donors (Lipinski definition) is 2. The van der Waals surface area contributed by atoms with Crippen LogP contribution >= 0.6 is 0 Å². The van der Waals surface area contributed by atoms with Gasteiger partial charge in [0.1, 0.15) is 6.61 Å². The standard InChI is InChI=1S/C13H15N3O2/c1-15-6-7-18-12-8-10(13(14)17)9-4-2-3-5-11(9)16-12/h2-5,8,15H,6-7H2,1H3,(H2,14,17). The van der Waals surface area contributed by atoms with Gasteiger partial charge in [-0.15, -0.1) is 0 Å². The van der Waals surface area contributed by atoms with Crippen LogP contribution in [0, 0.1) is 0 Å². The number of nitrogens with two attached hydrogens (primary N) is 1. The van der Waals surface area contributed by atoms with Gasteiger partial charge in [0.05, 0.1) is 11.1 Å². The molecule has 5 nitrogen and oxygen atoms in total. The maximum Gasteiger partial charge on any atom is 0.249 e. The third-order valence-electron chi connectivity index (χ3n) is 2.56. The second kappa shape index (κ2) is 5.46. The van der Waals surface area contributed by atoms with Crippen LogP contribution in [0.2, 0.25) is 0 Å². The first-order valence-corrected chi connectivity index (χ1v) is 5.69. The molecule has 0 aliphatic rings. The Morgan fingerprint density at radius 1 is 1.44 bits per heavy atom. The van der Waals surface area contributed by atoms with Crippen LogP contribution in [-0.4, -0.2) is 31.1 Å². The van der Waals surface area contributed by atoms with E-state index in [1.54, 1.807) is 6.07 Å². The lowest BCUT2D eigenvalue weighted by Gasteiger charge is -2.08. The number of benzene rings is 1. The van der Waals surface area contributed by atoms with E-state index in [2.05, 4.69) is 10.3 Å². The van der Waals surface area contributed by atoms with Gasteiger partial charge in [0.2, 0.25) is 11.8 Å². The Bertz CT molecular complexity index is 569. The molecule has 2 rings (SSSR count). The number of carbonyl (C=O) groups excluding carboxylic acids is 1. The highest BCUT2D eigenvalue weighted by atomic mass is 16.5. The van der Waals surface area contributed by atoms with Crippen molar-refractivity contribution >= 4 is 16.8 Å². The number of fused-ring (bicyclic) bond motifs is 1. The van der Waals surface area contributed by atoms with Gasteiger partial charge >= 0.3 is 0 Å². The van der Waals surface area contributed by atoms with Crippen molar-refractivity contribution in [3.63, 3.8) is 0 Å². The number of nitrogens with one attached hydrogen (secondary N) is 1. The largest absolute Gasteiger partial charge is 0.476 e. The number of amides is 1. The SMILES string of the molecule is CNCCOc1cc(C(N)=O)c2ccccc2n1. The zero-order valence-corrected chi connectivity index (χ0v) is 10.1. The summed E-state index contributed by atoms with van der Waals surface area (Å²) in [4.78, 5) is 15.8. The quantitative estimate of drug-likeness (QED) is 0.768. The number of nitrogens with zero attached hydrogens (tertiary/aromatic N) is 1. The van der Waals surface area contributed by atoms with Crippen molar-refractivity contribution < 1.29 is 9.53 Å². The highest BCUT2D eigenvalue weighted by molar-refractivity contribution is 6.05. The summed E-state index contributed by atoms with van der Waals surface area (Å²) in [7, 11) is 1.84. The maximum atomic E-state index is 11.4. The summed E-state index contributed by atoms with van der Waals surface area (Å²) >= 11 is 0. The highest BCUT2D eigenvalue weighted by Crippen LogP contribution is 2.21. The fraction of sp³-hybridized carbons (Fsp3) is 0.231. The number of hydrogen-bond acceptors (Lipinski definition) is 4. The van der Waals surface area contributed by atoms with Gasteiger partial charge in [-0.05, 0) is 13.1 Å². The van der Waals surface area contributed by atoms with Gasteiger partial charge in [-0.1, -0.05) is 18.2 Å². The van der Waals surface area contributed by atoms with Gasteiger partial charge in [-0.25, -0.2) is 4.98 Å². The van der Waals surface area contributed by atoms with Crippen LogP contribution in [-0.2, 0) is 0 Å². The molecule has 5 heteroatoms. The van der Waals surface area contributed by atoms with Gasteiger partial charge in [0.15, 0.2) is 0 Å². The minimum atomic E-state index is -0.480. The molecule has 18 heavy (non-hydrogen) atoms. The number of para-hydroxylation sites is 1. The van der Waals surface area contributed by atoms with Crippen molar-refractivity contribution in [1.82, 2.24) is 10.3 Å². The van der Waals surface area contributed by atoms with Crippen molar-refractivity contribution in [2.75, 3.05) is 20.2 Å². The van der Waals surface area contributed by atoms with Crippen LogP contribution in [0.25, 0.3) is 10.9 Å². The molecule has 0 saturated heterocycles. The van der Waals surface area contributed by atoms with E-state index < -0.39 is 5.91 Å². The summed E-state index contributed by atoms with van der Waals surface area (Å²) in [5.41, 5.74) is 6.50. The summed E-state index contributed by atoms with van der Waals surface area (Å²) in [6, 6.07) is 8.93. The number of primary amides is 1. The topological polar surface area (TPSA) is 77.2 Å². The molecule has 1 heterocycles. The lowest BCUT2D eigenvalue weighted by molar-refractivity contribution is 0.100. The highest BCUT2D eigenvalue weighted by Gasteiger charge is 2.10. The molecule has 0 radical (unpaired) electrons. The van der Waals surface area contributed by atoms with E-state index >= 15 is 0 Å². The monoisotopic (exact) mass is 245 g/mol. The van der Waals surface area contributed by atoms with E-state index in [0.29, 0.717) is 30.1 Å². The smallest absolute Gasteiger partial charge is 0.249 e. The molecule has 94 valence electrons. The number of likely N-dealkylation sites (N-methyl/N-ethyl adjacent to an activating group) is 1. The second-order valence-corrected chi connectivity index (χ2v) is 3.84. The second-order valence-electron chi connectivity index (χ2n) is 3.84.